The zero-order valence-electron chi connectivity index (χ0n) is 14.5. The molecule has 0 unspecified atom stereocenters. The normalized spacial score (nSPS) is 17.0. The Labute approximate surface area is 144 Å². The van der Waals surface area contributed by atoms with Gasteiger partial charge in [0.05, 0.1) is 11.5 Å². The molecule has 0 radical (unpaired) electrons. The summed E-state index contributed by atoms with van der Waals surface area (Å²) in [6, 6.07) is 5.50. The van der Waals surface area contributed by atoms with E-state index in [9.17, 15) is 13.2 Å². The van der Waals surface area contributed by atoms with Gasteiger partial charge in [-0.15, -0.1) is 0 Å². The number of ether oxygens (including phenoxy) is 1. The second kappa shape index (κ2) is 8.09. The van der Waals surface area contributed by atoms with E-state index in [4.69, 9.17) is 4.74 Å². The molecule has 1 N–H and O–H groups in total. The molecule has 1 amide bonds. The zero-order valence-corrected chi connectivity index (χ0v) is 15.4. The van der Waals surface area contributed by atoms with E-state index in [1.807, 2.05) is 26.0 Å². The summed E-state index contributed by atoms with van der Waals surface area (Å²) in [7, 11) is -1.92. The van der Waals surface area contributed by atoms with Crippen molar-refractivity contribution in [2.24, 2.45) is 0 Å². The molecule has 24 heavy (non-hydrogen) atoms. The van der Waals surface area contributed by atoms with Gasteiger partial charge in [-0.05, 0) is 43.9 Å². The smallest absolute Gasteiger partial charge is 0.243 e. The van der Waals surface area contributed by atoms with Crippen LogP contribution in [0.4, 0.5) is 0 Å². The van der Waals surface area contributed by atoms with E-state index in [2.05, 4.69) is 5.32 Å². The highest BCUT2D eigenvalue weighted by molar-refractivity contribution is 7.89. The molecule has 134 valence electrons. The van der Waals surface area contributed by atoms with Crippen LogP contribution in [0.25, 0.3) is 0 Å². The molecule has 2 rings (SSSR count). The van der Waals surface area contributed by atoms with Crippen LogP contribution in [-0.4, -0.2) is 51.5 Å². The third kappa shape index (κ3) is 4.55. The number of nitrogens with one attached hydrogen (secondary N) is 1. The molecule has 1 aromatic carbocycles. The van der Waals surface area contributed by atoms with Crippen molar-refractivity contribution in [1.82, 2.24) is 9.62 Å². The highest BCUT2D eigenvalue weighted by atomic mass is 32.2. The molecule has 0 atom stereocenters. The van der Waals surface area contributed by atoms with Gasteiger partial charge < -0.3 is 10.1 Å². The first-order chi connectivity index (χ1) is 11.3. The van der Waals surface area contributed by atoms with Crippen LogP contribution in [0.5, 0.6) is 0 Å². The Bertz CT molecular complexity index is 680. The van der Waals surface area contributed by atoms with E-state index in [0.717, 1.165) is 11.1 Å². The van der Waals surface area contributed by atoms with Gasteiger partial charge >= 0.3 is 0 Å². The van der Waals surface area contributed by atoms with Crippen molar-refractivity contribution < 1.29 is 17.9 Å². The third-order valence-electron chi connectivity index (χ3n) is 4.31. The summed E-state index contributed by atoms with van der Waals surface area (Å²) in [4.78, 5) is 12.1. The Kier molecular flexibility index (Phi) is 6.37. The molecule has 0 saturated carbocycles. The molecule has 1 aliphatic heterocycles. The highest BCUT2D eigenvalue weighted by Gasteiger charge is 2.30. The molecule has 1 fully saturated rings. The van der Waals surface area contributed by atoms with E-state index < -0.39 is 10.0 Å². The molecule has 1 aromatic rings. The number of aryl methyl sites for hydroxylation is 2. The van der Waals surface area contributed by atoms with Crippen molar-refractivity contribution in [3.05, 3.63) is 29.3 Å². The minimum Gasteiger partial charge on any atom is -0.384 e. The van der Waals surface area contributed by atoms with Gasteiger partial charge in [0.25, 0.3) is 0 Å². The molecular formula is C17H26N2O4S. The predicted octanol–water partition coefficient (Wildman–Crippen LogP) is 1.61. The molecular weight excluding hydrogens is 328 g/mol. The lowest BCUT2D eigenvalue weighted by Gasteiger charge is -2.32. The minimum atomic E-state index is -3.48. The second-order valence-electron chi connectivity index (χ2n) is 6.26. The van der Waals surface area contributed by atoms with E-state index in [-0.39, 0.29) is 11.9 Å². The van der Waals surface area contributed by atoms with Gasteiger partial charge in [-0.2, -0.15) is 4.31 Å². The molecule has 0 aliphatic carbocycles. The first-order valence-corrected chi connectivity index (χ1v) is 9.64. The summed E-state index contributed by atoms with van der Waals surface area (Å²) in [5.74, 6) is -0.0484. The van der Waals surface area contributed by atoms with Crippen LogP contribution in [0.15, 0.2) is 23.1 Å². The zero-order chi connectivity index (χ0) is 17.7. The van der Waals surface area contributed by atoms with E-state index in [0.29, 0.717) is 43.9 Å². The van der Waals surface area contributed by atoms with Gasteiger partial charge in [0.15, 0.2) is 0 Å². The number of benzene rings is 1. The second-order valence-corrected chi connectivity index (χ2v) is 8.16. The number of nitrogens with zero attached hydrogens (tertiary/aromatic N) is 1. The molecule has 0 spiro atoms. The third-order valence-corrected chi connectivity index (χ3v) is 6.35. The number of rotatable bonds is 6. The lowest BCUT2D eigenvalue weighted by atomic mass is 10.1. The lowest BCUT2D eigenvalue weighted by molar-refractivity contribution is -0.122. The summed E-state index contributed by atoms with van der Waals surface area (Å²) >= 11 is 0. The highest BCUT2D eigenvalue weighted by Crippen LogP contribution is 2.24. The first-order valence-electron chi connectivity index (χ1n) is 8.20. The topological polar surface area (TPSA) is 75.7 Å². The van der Waals surface area contributed by atoms with Crippen LogP contribution in [0.2, 0.25) is 0 Å². The van der Waals surface area contributed by atoms with E-state index in [1.54, 1.807) is 13.2 Å². The molecule has 1 heterocycles. The Morgan fingerprint density at radius 1 is 1.29 bits per heavy atom. The lowest BCUT2D eigenvalue weighted by Crippen LogP contribution is -2.46. The standard InChI is InChI=1S/C17H26N2O4S/c1-13-4-5-14(2)16(12-13)24(21,22)19-9-6-15(7-10-19)18-17(20)8-11-23-3/h4-5,12,15H,6-11H2,1-3H3,(H,18,20). The van der Waals surface area contributed by atoms with Crippen molar-refractivity contribution in [3.63, 3.8) is 0 Å². The number of amides is 1. The minimum absolute atomic E-state index is 0.0272. The van der Waals surface area contributed by atoms with E-state index >= 15 is 0 Å². The average molecular weight is 354 g/mol. The fourth-order valence-electron chi connectivity index (χ4n) is 2.86. The fraction of sp³-hybridized carbons (Fsp3) is 0.588. The Morgan fingerprint density at radius 3 is 2.58 bits per heavy atom. The molecule has 0 bridgehead atoms. The molecule has 1 saturated heterocycles. The van der Waals surface area contributed by atoms with Crippen molar-refractivity contribution >= 4 is 15.9 Å². The van der Waals surface area contributed by atoms with Crippen molar-refractivity contribution in [2.45, 2.75) is 44.0 Å². The number of carbonyl (C=O) groups is 1. The fourth-order valence-corrected chi connectivity index (χ4v) is 4.64. The maximum absolute atomic E-state index is 12.9. The van der Waals surface area contributed by atoms with Crippen LogP contribution >= 0.6 is 0 Å². The Morgan fingerprint density at radius 2 is 1.96 bits per heavy atom. The monoisotopic (exact) mass is 354 g/mol. The van der Waals surface area contributed by atoms with Gasteiger partial charge in [0.2, 0.25) is 15.9 Å². The summed E-state index contributed by atoms with van der Waals surface area (Å²) in [6.45, 7) is 4.94. The maximum Gasteiger partial charge on any atom is 0.243 e. The SMILES string of the molecule is COCCC(=O)NC1CCN(S(=O)(=O)c2cc(C)ccc2C)CC1. The summed E-state index contributed by atoms with van der Waals surface area (Å²) in [6.07, 6.45) is 1.59. The van der Waals surface area contributed by atoms with Crippen LogP contribution in [0.1, 0.15) is 30.4 Å². The maximum atomic E-state index is 12.9. The average Bonchev–Trinajstić information content (AvgIpc) is 2.55. The van der Waals surface area contributed by atoms with Gasteiger partial charge in [-0.25, -0.2) is 8.42 Å². The van der Waals surface area contributed by atoms with Crippen molar-refractivity contribution in [1.29, 1.82) is 0 Å². The first kappa shape index (κ1) is 18.9. The molecule has 1 aliphatic rings. The molecule has 0 aromatic heterocycles. The van der Waals surface area contributed by atoms with Crippen molar-refractivity contribution in [2.75, 3.05) is 26.8 Å². The van der Waals surface area contributed by atoms with Gasteiger partial charge in [0.1, 0.15) is 0 Å². The number of piperidine rings is 1. The van der Waals surface area contributed by atoms with Gasteiger partial charge in [-0.1, -0.05) is 12.1 Å². The quantitative estimate of drug-likeness (QED) is 0.842. The predicted molar refractivity (Wildman–Crippen MR) is 92.3 cm³/mol. The number of hydrogen-bond donors (Lipinski definition) is 1. The van der Waals surface area contributed by atoms with Crippen molar-refractivity contribution in [3.8, 4) is 0 Å². The van der Waals surface area contributed by atoms with Crippen LogP contribution in [0, 0.1) is 13.8 Å². The van der Waals surface area contributed by atoms with Crippen LogP contribution < -0.4 is 5.32 Å². The summed E-state index contributed by atoms with van der Waals surface area (Å²) in [5.41, 5.74) is 1.69. The number of carbonyl (C=O) groups excluding carboxylic acids is 1. The summed E-state index contributed by atoms with van der Waals surface area (Å²) < 4.78 is 32.1. The van der Waals surface area contributed by atoms with E-state index in [1.165, 1.54) is 4.31 Å². The molecule has 7 heteroatoms. The van der Waals surface area contributed by atoms with Crippen LogP contribution in [0.3, 0.4) is 0 Å². The van der Waals surface area contributed by atoms with Gasteiger partial charge in [-0.3, -0.25) is 4.79 Å². The molecule has 6 nitrogen and oxygen atoms in total. The Balaban J connectivity index is 1.98. The number of methoxy groups -OCH3 is 1. The Hall–Kier alpha value is -1.44. The largest absolute Gasteiger partial charge is 0.384 e. The number of hydrogen-bond acceptors (Lipinski definition) is 4. The van der Waals surface area contributed by atoms with Gasteiger partial charge in [0, 0.05) is 32.7 Å². The number of sulfonamides is 1. The summed E-state index contributed by atoms with van der Waals surface area (Å²) in [5, 5.41) is 2.95. The van der Waals surface area contributed by atoms with Crippen LogP contribution in [-0.2, 0) is 19.6 Å².